The number of piperazine rings is 1. The minimum Gasteiger partial charge on any atom is -0.480 e. The first-order valence-corrected chi connectivity index (χ1v) is 6.68. The van der Waals surface area contributed by atoms with E-state index in [1.54, 1.807) is 4.90 Å². The summed E-state index contributed by atoms with van der Waals surface area (Å²) >= 11 is 0. The predicted molar refractivity (Wildman–Crippen MR) is 72.7 cm³/mol. The van der Waals surface area contributed by atoms with E-state index in [2.05, 4.69) is 0 Å². The van der Waals surface area contributed by atoms with Crippen molar-refractivity contribution in [1.82, 2.24) is 9.80 Å². The lowest BCUT2D eigenvalue weighted by atomic mass is 10.2. The fourth-order valence-corrected chi connectivity index (χ4v) is 2.03. The zero-order valence-electron chi connectivity index (χ0n) is 12.6. The number of hydrogen-bond donors (Lipinski definition) is 1. The van der Waals surface area contributed by atoms with Gasteiger partial charge in [0.15, 0.2) is 0 Å². The first-order valence-electron chi connectivity index (χ1n) is 6.68. The Balaban J connectivity index is 2.50. The van der Waals surface area contributed by atoms with Crippen LogP contribution in [-0.4, -0.2) is 78.5 Å². The second-order valence-electron chi connectivity index (χ2n) is 5.81. The van der Waals surface area contributed by atoms with Crippen molar-refractivity contribution in [3.05, 3.63) is 0 Å². The summed E-state index contributed by atoms with van der Waals surface area (Å²) in [5.41, 5.74) is -0.520. The molecule has 1 unspecified atom stereocenters. The van der Waals surface area contributed by atoms with Gasteiger partial charge >= 0.3 is 12.1 Å². The van der Waals surface area contributed by atoms with Gasteiger partial charge in [-0.15, -0.1) is 0 Å². The quantitative estimate of drug-likeness (QED) is 0.818. The van der Waals surface area contributed by atoms with E-state index in [1.807, 2.05) is 25.7 Å². The van der Waals surface area contributed by atoms with Crippen molar-refractivity contribution in [3.63, 3.8) is 0 Å². The molecule has 20 heavy (non-hydrogen) atoms. The summed E-state index contributed by atoms with van der Waals surface area (Å²) in [6, 6.07) is -0.666. The average Bonchev–Trinajstić information content (AvgIpc) is 2.33. The van der Waals surface area contributed by atoms with Gasteiger partial charge in [0.25, 0.3) is 0 Å². The van der Waals surface area contributed by atoms with Crippen LogP contribution in [0, 0.1) is 0 Å². The minimum atomic E-state index is -0.905. The molecule has 0 aromatic rings. The van der Waals surface area contributed by atoms with Crippen molar-refractivity contribution in [2.24, 2.45) is 0 Å². The number of rotatable bonds is 4. The van der Waals surface area contributed by atoms with Gasteiger partial charge in [0.05, 0.1) is 6.61 Å². The van der Waals surface area contributed by atoms with E-state index in [4.69, 9.17) is 14.6 Å². The van der Waals surface area contributed by atoms with E-state index < -0.39 is 17.6 Å². The fourth-order valence-electron chi connectivity index (χ4n) is 2.03. The smallest absolute Gasteiger partial charge is 0.410 e. The molecule has 1 saturated heterocycles. The minimum absolute atomic E-state index is 0.141. The molecule has 0 bridgehead atoms. The molecule has 0 saturated carbocycles. The summed E-state index contributed by atoms with van der Waals surface area (Å²) in [7, 11) is 1.48. The van der Waals surface area contributed by atoms with Crippen molar-refractivity contribution < 1.29 is 24.2 Å². The third-order valence-electron chi connectivity index (χ3n) is 3.02. The van der Waals surface area contributed by atoms with Crippen LogP contribution in [0.3, 0.4) is 0 Å². The molecule has 116 valence electrons. The molecule has 1 rings (SSSR count). The summed E-state index contributed by atoms with van der Waals surface area (Å²) in [4.78, 5) is 26.5. The van der Waals surface area contributed by atoms with E-state index >= 15 is 0 Å². The molecular weight excluding hydrogens is 264 g/mol. The van der Waals surface area contributed by atoms with E-state index in [-0.39, 0.29) is 12.7 Å². The lowest BCUT2D eigenvalue weighted by Crippen LogP contribution is -2.55. The molecule has 0 radical (unpaired) electrons. The molecule has 1 amide bonds. The van der Waals surface area contributed by atoms with Gasteiger partial charge in [0.2, 0.25) is 0 Å². The van der Waals surface area contributed by atoms with E-state index in [9.17, 15) is 9.59 Å². The second kappa shape index (κ2) is 6.90. The van der Waals surface area contributed by atoms with Gasteiger partial charge in [0.1, 0.15) is 11.6 Å². The maximum Gasteiger partial charge on any atom is 0.410 e. The number of carbonyl (C=O) groups is 2. The van der Waals surface area contributed by atoms with Gasteiger partial charge in [-0.05, 0) is 20.8 Å². The Labute approximate surface area is 119 Å². The van der Waals surface area contributed by atoms with Crippen LogP contribution in [0.5, 0.6) is 0 Å². The normalized spacial score (nSPS) is 18.7. The lowest BCUT2D eigenvalue weighted by molar-refractivity contribution is -0.146. The number of carboxylic acids is 1. The monoisotopic (exact) mass is 288 g/mol. The Morgan fingerprint density at radius 2 is 1.75 bits per heavy atom. The second-order valence-corrected chi connectivity index (χ2v) is 5.81. The number of carbonyl (C=O) groups excluding carboxylic acids is 1. The third kappa shape index (κ3) is 4.97. The topological polar surface area (TPSA) is 79.3 Å². The summed E-state index contributed by atoms with van der Waals surface area (Å²) < 4.78 is 10.2. The van der Waals surface area contributed by atoms with Crippen LogP contribution < -0.4 is 0 Å². The molecule has 0 spiro atoms. The SMILES string of the molecule is COCC(C(=O)O)N1CCN(C(=O)OC(C)(C)C)CC1. The van der Waals surface area contributed by atoms with Gasteiger partial charge in [-0.1, -0.05) is 0 Å². The Morgan fingerprint density at radius 1 is 1.20 bits per heavy atom. The maximum atomic E-state index is 11.9. The van der Waals surface area contributed by atoms with Gasteiger partial charge in [-0.3, -0.25) is 9.69 Å². The number of ether oxygens (including phenoxy) is 2. The van der Waals surface area contributed by atoms with Gasteiger partial charge in [0, 0.05) is 33.3 Å². The van der Waals surface area contributed by atoms with Crippen molar-refractivity contribution in [2.45, 2.75) is 32.4 Å². The van der Waals surface area contributed by atoms with Gasteiger partial charge in [-0.2, -0.15) is 0 Å². The molecule has 7 heteroatoms. The molecule has 0 aromatic heterocycles. The summed E-state index contributed by atoms with van der Waals surface area (Å²) in [6.07, 6.45) is -0.351. The zero-order valence-corrected chi connectivity index (χ0v) is 12.6. The van der Waals surface area contributed by atoms with Crippen molar-refractivity contribution >= 4 is 12.1 Å². The lowest BCUT2D eigenvalue weighted by Gasteiger charge is -2.37. The molecule has 1 heterocycles. The molecule has 1 N–H and O–H groups in total. The molecule has 1 aliphatic rings. The maximum absolute atomic E-state index is 11.9. The predicted octanol–water partition coefficient (Wildman–Crippen LogP) is 0.639. The van der Waals surface area contributed by atoms with Crippen LogP contribution in [0.15, 0.2) is 0 Å². The molecule has 1 fully saturated rings. The number of nitrogens with zero attached hydrogens (tertiary/aromatic N) is 2. The van der Waals surface area contributed by atoms with Crippen LogP contribution in [-0.2, 0) is 14.3 Å². The van der Waals surface area contributed by atoms with Crippen LogP contribution in [0.4, 0.5) is 4.79 Å². The Morgan fingerprint density at radius 3 is 2.15 bits per heavy atom. The summed E-state index contributed by atoms with van der Waals surface area (Å²) in [6.45, 7) is 7.52. The fraction of sp³-hybridized carbons (Fsp3) is 0.846. The van der Waals surface area contributed by atoms with E-state index in [0.717, 1.165) is 0 Å². The van der Waals surface area contributed by atoms with E-state index in [0.29, 0.717) is 26.2 Å². The Bertz CT molecular complexity index is 345. The average molecular weight is 288 g/mol. The third-order valence-corrected chi connectivity index (χ3v) is 3.02. The largest absolute Gasteiger partial charge is 0.480 e. The molecule has 1 aliphatic heterocycles. The molecular formula is C13H24N2O5. The Kier molecular flexibility index (Phi) is 5.76. The van der Waals surface area contributed by atoms with Crippen molar-refractivity contribution in [1.29, 1.82) is 0 Å². The van der Waals surface area contributed by atoms with Crippen LogP contribution >= 0.6 is 0 Å². The van der Waals surface area contributed by atoms with E-state index in [1.165, 1.54) is 7.11 Å². The Hall–Kier alpha value is -1.34. The summed E-state index contributed by atoms with van der Waals surface area (Å²) in [5, 5.41) is 9.16. The van der Waals surface area contributed by atoms with Crippen LogP contribution in [0.2, 0.25) is 0 Å². The highest BCUT2D eigenvalue weighted by Gasteiger charge is 2.31. The van der Waals surface area contributed by atoms with Crippen LogP contribution in [0.1, 0.15) is 20.8 Å². The zero-order chi connectivity index (χ0) is 15.3. The number of hydrogen-bond acceptors (Lipinski definition) is 5. The molecule has 1 atom stereocenters. The van der Waals surface area contributed by atoms with Crippen LogP contribution in [0.25, 0.3) is 0 Å². The molecule has 0 aromatic carbocycles. The first kappa shape index (κ1) is 16.7. The highest BCUT2D eigenvalue weighted by molar-refractivity contribution is 5.73. The van der Waals surface area contributed by atoms with Gasteiger partial charge < -0.3 is 19.5 Å². The van der Waals surface area contributed by atoms with Crippen molar-refractivity contribution in [2.75, 3.05) is 39.9 Å². The first-order chi connectivity index (χ1) is 9.24. The number of amides is 1. The number of aliphatic carboxylic acids is 1. The molecule has 7 nitrogen and oxygen atoms in total. The highest BCUT2D eigenvalue weighted by atomic mass is 16.6. The standard InChI is InChI=1S/C13H24N2O5/c1-13(2,3)20-12(18)15-7-5-14(6-8-15)10(9-19-4)11(16)17/h10H,5-9H2,1-4H3,(H,16,17). The molecule has 0 aliphatic carbocycles. The number of carboxylic acid groups (broad SMARTS) is 1. The summed E-state index contributed by atoms with van der Waals surface area (Å²) in [5.74, 6) is -0.905. The number of methoxy groups -OCH3 is 1. The van der Waals surface area contributed by atoms with Crippen molar-refractivity contribution in [3.8, 4) is 0 Å². The highest BCUT2D eigenvalue weighted by Crippen LogP contribution is 2.13. The van der Waals surface area contributed by atoms with Gasteiger partial charge in [-0.25, -0.2) is 4.79 Å².